The minimum atomic E-state index is 0.940. The molecule has 2 aromatic heterocycles. The Labute approximate surface area is 162 Å². The van der Waals surface area contributed by atoms with E-state index in [-0.39, 0.29) is 0 Å². The van der Waals surface area contributed by atoms with Crippen molar-refractivity contribution in [3.05, 3.63) is 103 Å². The summed E-state index contributed by atoms with van der Waals surface area (Å²) < 4.78 is 4.49. The fourth-order valence-corrected chi connectivity index (χ4v) is 4.04. The first-order valence-electron chi connectivity index (χ1n) is 9.43. The van der Waals surface area contributed by atoms with Gasteiger partial charge in [0.15, 0.2) is 0 Å². The van der Waals surface area contributed by atoms with Crippen LogP contribution >= 0.6 is 0 Å². The zero-order chi connectivity index (χ0) is 18.5. The third-order valence-corrected chi connectivity index (χ3v) is 5.34. The zero-order valence-corrected chi connectivity index (χ0v) is 15.2. The van der Waals surface area contributed by atoms with Gasteiger partial charge in [0.05, 0.1) is 22.1 Å². The summed E-state index contributed by atoms with van der Waals surface area (Å²) >= 11 is 0. The molecule has 0 spiro atoms. The molecule has 6 rings (SSSR count). The first-order chi connectivity index (χ1) is 13.9. The molecule has 0 saturated carbocycles. The molecule has 4 aromatic carbocycles. The second-order valence-electron chi connectivity index (χ2n) is 6.97. The number of hydrogen-bond acceptors (Lipinski definition) is 1. The number of rotatable bonds is 2. The number of aromatic nitrogens is 3. The van der Waals surface area contributed by atoms with Gasteiger partial charge in [-0.3, -0.25) is 8.97 Å². The van der Waals surface area contributed by atoms with E-state index in [9.17, 15) is 0 Å². The summed E-state index contributed by atoms with van der Waals surface area (Å²) in [6.07, 6.45) is 0. The fraction of sp³-hybridized carbons (Fsp3) is 0. The molecule has 0 aliphatic heterocycles. The van der Waals surface area contributed by atoms with Gasteiger partial charge in [0.1, 0.15) is 0 Å². The predicted octanol–water partition coefficient (Wildman–Crippen LogP) is 6.10. The van der Waals surface area contributed by atoms with Crippen LogP contribution in [0.2, 0.25) is 0 Å². The van der Waals surface area contributed by atoms with Crippen LogP contribution in [0.3, 0.4) is 0 Å². The normalized spacial score (nSPS) is 11.6. The van der Waals surface area contributed by atoms with Gasteiger partial charge in [0.2, 0.25) is 5.78 Å². The molecule has 0 radical (unpaired) electrons. The Bertz CT molecular complexity index is 1440. The lowest BCUT2D eigenvalue weighted by Crippen LogP contribution is -1.95. The molecule has 2 heterocycles. The Kier molecular flexibility index (Phi) is 3.17. The van der Waals surface area contributed by atoms with E-state index in [1.54, 1.807) is 0 Å². The van der Waals surface area contributed by atoms with Crippen LogP contribution in [-0.4, -0.2) is 14.0 Å². The molecule has 6 aromatic rings. The maximum atomic E-state index is 4.94. The maximum Gasteiger partial charge on any atom is 0.220 e. The largest absolute Gasteiger partial charge is 0.278 e. The summed E-state index contributed by atoms with van der Waals surface area (Å²) in [6.45, 7) is 0. The average molecular weight is 359 g/mol. The van der Waals surface area contributed by atoms with Crippen LogP contribution in [0.25, 0.3) is 44.7 Å². The van der Waals surface area contributed by atoms with Crippen LogP contribution in [0.15, 0.2) is 103 Å². The summed E-state index contributed by atoms with van der Waals surface area (Å²) in [6, 6.07) is 36.0. The van der Waals surface area contributed by atoms with Crippen molar-refractivity contribution < 1.29 is 0 Å². The molecule has 0 aliphatic carbocycles. The highest BCUT2D eigenvalue weighted by Gasteiger charge is 2.16. The first kappa shape index (κ1) is 15.2. The minimum absolute atomic E-state index is 0.940. The molecule has 132 valence electrons. The van der Waals surface area contributed by atoms with Crippen LogP contribution < -0.4 is 0 Å². The van der Waals surface area contributed by atoms with Gasteiger partial charge in [-0.25, -0.2) is 4.98 Å². The summed E-state index contributed by atoms with van der Waals surface area (Å²) in [5, 5.41) is 0. The van der Waals surface area contributed by atoms with Gasteiger partial charge in [-0.05, 0) is 47.5 Å². The van der Waals surface area contributed by atoms with E-state index in [2.05, 4.69) is 100.0 Å². The van der Waals surface area contributed by atoms with Crippen molar-refractivity contribution in [3.8, 4) is 16.8 Å². The van der Waals surface area contributed by atoms with Gasteiger partial charge in [0.25, 0.3) is 0 Å². The van der Waals surface area contributed by atoms with E-state index in [1.165, 1.54) is 16.6 Å². The first-order valence-corrected chi connectivity index (χ1v) is 9.43. The van der Waals surface area contributed by atoms with Crippen molar-refractivity contribution in [2.45, 2.75) is 0 Å². The van der Waals surface area contributed by atoms with Gasteiger partial charge in [-0.15, -0.1) is 0 Å². The Morgan fingerprint density at radius 3 is 1.89 bits per heavy atom. The minimum Gasteiger partial charge on any atom is -0.278 e. The van der Waals surface area contributed by atoms with Crippen molar-refractivity contribution in [1.82, 2.24) is 14.0 Å². The molecule has 0 fully saturated rings. The van der Waals surface area contributed by atoms with E-state index in [0.29, 0.717) is 0 Å². The lowest BCUT2D eigenvalue weighted by atomic mass is 10.1. The lowest BCUT2D eigenvalue weighted by Gasteiger charge is -2.07. The number of hydrogen-bond donors (Lipinski definition) is 0. The van der Waals surface area contributed by atoms with Gasteiger partial charge in [0, 0.05) is 5.69 Å². The van der Waals surface area contributed by atoms with Gasteiger partial charge in [-0.1, -0.05) is 66.7 Å². The van der Waals surface area contributed by atoms with Crippen LogP contribution in [0, 0.1) is 0 Å². The third kappa shape index (κ3) is 2.13. The Morgan fingerprint density at radius 1 is 0.500 bits per heavy atom. The molecule has 0 N–H and O–H groups in total. The number of nitrogens with zero attached hydrogens (tertiary/aromatic N) is 3. The molecule has 28 heavy (non-hydrogen) atoms. The molecule has 0 unspecified atom stereocenters. The molecule has 0 bridgehead atoms. The molecule has 0 aliphatic rings. The second kappa shape index (κ2) is 5.83. The van der Waals surface area contributed by atoms with Gasteiger partial charge in [-0.2, -0.15) is 0 Å². The molecule has 0 saturated heterocycles. The van der Waals surface area contributed by atoms with E-state index >= 15 is 0 Å². The summed E-state index contributed by atoms with van der Waals surface area (Å²) in [4.78, 5) is 4.94. The van der Waals surface area contributed by atoms with E-state index in [0.717, 1.165) is 28.0 Å². The van der Waals surface area contributed by atoms with Crippen molar-refractivity contribution in [1.29, 1.82) is 0 Å². The summed E-state index contributed by atoms with van der Waals surface area (Å²) in [5.74, 6) is 0.940. The van der Waals surface area contributed by atoms with Crippen LogP contribution in [0.4, 0.5) is 0 Å². The Hall–Kier alpha value is -3.85. The van der Waals surface area contributed by atoms with Crippen molar-refractivity contribution >= 4 is 27.8 Å². The maximum absolute atomic E-state index is 4.94. The van der Waals surface area contributed by atoms with Crippen molar-refractivity contribution in [3.63, 3.8) is 0 Å². The number of para-hydroxylation sites is 4. The SMILES string of the molecule is c1ccc(-c2ccc(-n3c4ccccc4n4c5ccccc5nc34)cc2)cc1. The van der Waals surface area contributed by atoms with Gasteiger partial charge < -0.3 is 0 Å². The smallest absolute Gasteiger partial charge is 0.220 e. The molecule has 3 heteroatoms. The fourth-order valence-electron chi connectivity index (χ4n) is 4.04. The van der Waals surface area contributed by atoms with Crippen LogP contribution in [-0.2, 0) is 0 Å². The van der Waals surface area contributed by atoms with Gasteiger partial charge >= 0.3 is 0 Å². The highest BCUT2D eigenvalue weighted by molar-refractivity contribution is 5.92. The molecular weight excluding hydrogens is 342 g/mol. The standard InChI is InChI=1S/C25H17N3/c1-2-8-18(9-3-1)19-14-16-20(17-15-19)27-23-12-6-7-13-24(23)28-22-11-5-4-10-21(22)26-25(27)28/h1-17H. The Morgan fingerprint density at radius 2 is 1.11 bits per heavy atom. The monoisotopic (exact) mass is 359 g/mol. The Balaban J connectivity index is 1.63. The number of benzene rings is 4. The topological polar surface area (TPSA) is 22.2 Å². The summed E-state index contributed by atoms with van der Waals surface area (Å²) in [5.41, 5.74) is 8.02. The highest BCUT2D eigenvalue weighted by atomic mass is 15.2. The van der Waals surface area contributed by atoms with Crippen molar-refractivity contribution in [2.24, 2.45) is 0 Å². The van der Waals surface area contributed by atoms with Crippen LogP contribution in [0.5, 0.6) is 0 Å². The van der Waals surface area contributed by atoms with Crippen molar-refractivity contribution in [2.75, 3.05) is 0 Å². The van der Waals surface area contributed by atoms with E-state index in [1.807, 2.05) is 12.1 Å². The predicted molar refractivity (Wildman–Crippen MR) is 115 cm³/mol. The second-order valence-corrected chi connectivity index (χ2v) is 6.97. The lowest BCUT2D eigenvalue weighted by molar-refractivity contribution is 1.11. The summed E-state index contributed by atoms with van der Waals surface area (Å²) in [7, 11) is 0. The van der Waals surface area contributed by atoms with E-state index < -0.39 is 0 Å². The quantitative estimate of drug-likeness (QED) is 0.366. The third-order valence-electron chi connectivity index (χ3n) is 5.34. The molecule has 0 atom stereocenters. The zero-order valence-electron chi connectivity index (χ0n) is 15.2. The van der Waals surface area contributed by atoms with E-state index in [4.69, 9.17) is 4.98 Å². The average Bonchev–Trinajstić information content (AvgIpc) is 3.29. The van der Waals surface area contributed by atoms with Crippen LogP contribution in [0.1, 0.15) is 0 Å². The molecule has 0 amide bonds. The molecular formula is C25H17N3. The highest BCUT2D eigenvalue weighted by Crippen LogP contribution is 2.30. The number of imidazole rings is 2. The number of fused-ring (bicyclic) bond motifs is 5. The molecule has 3 nitrogen and oxygen atoms in total.